The predicted molar refractivity (Wildman–Crippen MR) is 112 cm³/mol. The molecule has 0 atom stereocenters. The maximum atomic E-state index is 14.6. The number of rotatable bonds is 7. The molecular weight excluding hydrogens is 367 g/mol. The Balaban J connectivity index is 1.51. The lowest BCUT2D eigenvalue weighted by molar-refractivity contribution is 0.0339. The zero-order chi connectivity index (χ0) is 20.1. The Kier molecular flexibility index (Phi) is 6.48. The quantitative estimate of drug-likeness (QED) is 0.757. The minimum atomic E-state index is -0.268. The van der Waals surface area contributed by atoms with Gasteiger partial charge in [-0.1, -0.05) is 37.1 Å². The molecule has 0 radical (unpaired) electrons. The summed E-state index contributed by atoms with van der Waals surface area (Å²) in [5, 5.41) is 3.72. The second-order valence-corrected chi connectivity index (χ2v) is 8.16. The Morgan fingerprint density at radius 1 is 1.10 bits per heavy atom. The van der Waals surface area contributed by atoms with Crippen molar-refractivity contribution in [2.24, 2.45) is 0 Å². The van der Waals surface area contributed by atoms with Crippen LogP contribution in [0.1, 0.15) is 42.4 Å². The molecule has 1 saturated heterocycles. The summed E-state index contributed by atoms with van der Waals surface area (Å²) in [4.78, 5) is 2.40. The third-order valence-corrected chi connectivity index (χ3v) is 6.32. The lowest BCUT2D eigenvalue weighted by Crippen LogP contribution is -2.40. The molecule has 0 aromatic heterocycles. The first-order chi connectivity index (χ1) is 14.2. The van der Waals surface area contributed by atoms with E-state index in [1.54, 1.807) is 19.2 Å². The normalized spacial score (nSPS) is 19.4. The third kappa shape index (κ3) is 4.63. The van der Waals surface area contributed by atoms with E-state index in [2.05, 4.69) is 28.4 Å². The van der Waals surface area contributed by atoms with Gasteiger partial charge in [-0.3, -0.25) is 4.90 Å². The predicted octanol–water partition coefficient (Wildman–Crippen LogP) is 4.23. The summed E-state index contributed by atoms with van der Waals surface area (Å²) in [7, 11) is 1.72. The number of ether oxygens (including phenoxy) is 2. The van der Waals surface area contributed by atoms with Gasteiger partial charge in [-0.2, -0.15) is 0 Å². The van der Waals surface area contributed by atoms with Crippen molar-refractivity contribution in [3.05, 3.63) is 65.0 Å². The van der Waals surface area contributed by atoms with Gasteiger partial charge in [0.1, 0.15) is 11.6 Å². The molecule has 4 rings (SSSR count). The summed E-state index contributed by atoms with van der Waals surface area (Å²) in [5.74, 6) is 0.814. The molecule has 0 spiro atoms. The van der Waals surface area contributed by atoms with E-state index in [4.69, 9.17) is 9.47 Å². The lowest BCUT2D eigenvalue weighted by Gasteiger charge is -2.32. The molecular formula is C24H31FN2O2. The Hall–Kier alpha value is -1.95. The van der Waals surface area contributed by atoms with Crippen molar-refractivity contribution in [3.63, 3.8) is 0 Å². The van der Waals surface area contributed by atoms with Crippen molar-refractivity contribution in [1.29, 1.82) is 0 Å². The molecule has 156 valence electrons. The fourth-order valence-electron chi connectivity index (χ4n) is 4.71. The Morgan fingerprint density at radius 2 is 1.86 bits per heavy atom. The van der Waals surface area contributed by atoms with Gasteiger partial charge in [0, 0.05) is 42.8 Å². The molecule has 0 unspecified atom stereocenters. The van der Waals surface area contributed by atoms with Crippen molar-refractivity contribution in [2.45, 2.75) is 44.3 Å². The summed E-state index contributed by atoms with van der Waals surface area (Å²) >= 11 is 0. The number of methoxy groups -OCH3 is 1. The highest BCUT2D eigenvalue weighted by Crippen LogP contribution is 2.40. The molecule has 2 aliphatic rings. The molecule has 29 heavy (non-hydrogen) atoms. The third-order valence-electron chi connectivity index (χ3n) is 6.32. The topological polar surface area (TPSA) is 33.7 Å². The van der Waals surface area contributed by atoms with Crippen LogP contribution >= 0.6 is 0 Å². The van der Waals surface area contributed by atoms with E-state index >= 15 is 0 Å². The smallest absolute Gasteiger partial charge is 0.128 e. The molecule has 1 heterocycles. The summed E-state index contributed by atoms with van der Waals surface area (Å²) in [6.45, 7) is 5.04. The minimum absolute atomic E-state index is 0.107. The van der Waals surface area contributed by atoms with Gasteiger partial charge in [0.15, 0.2) is 0 Å². The standard InChI is InChI=1S/C24H31FN2O2/c1-28-23-9-8-19(16-20(23)18-27-12-14-29-15-13-27)17-26-24(10-4-5-11-24)21-6-2-3-7-22(21)25/h2-3,6-9,16,26H,4-5,10-15,17-18H2,1H3. The van der Waals surface area contributed by atoms with E-state index in [1.807, 2.05) is 12.1 Å². The van der Waals surface area contributed by atoms with E-state index in [1.165, 1.54) is 11.1 Å². The van der Waals surface area contributed by atoms with E-state index < -0.39 is 0 Å². The van der Waals surface area contributed by atoms with Crippen molar-refractivity contribution in [1.82, 2.24) is 10.2 Å². The van der Waals surface area contributed by atoms with Crippen LogP contribution in [-0.4, -0.2) is 38.3 Å². The SMILES string of the molecule is COc1ccc(CNC2(c3ccccc3F)CCCC2)cc1CN1CCOCC1. The van der Waals surface area contributed by atoms with Crippen LogP contribution in [0.4, 0.5) is 4.39 Å². The van der Waals surface area contributed by atoms with Gasteiger partial charge in [-0.25, -0.2) is 4.39 Å². The van der Waals surface area contributed by atoms with Crippen molar-refractivity contribution >= 4 is 0 Å². The molecule has 4 nitrogen and oxygen atoms in total. The molecule has 1 saturated carbocycles. The van der Waals surface area contributed by atoms with Crippen molar-refractivity contribution in [2.75, 3.05) is 33.4 Å². The van der Waals surface area contributed by atoms with Gasteiger partial charge < -0.3 is 14.8 Å². The van der Waals surface area contributed by atoms with Gasteiger partial charge in [-0.05, 0) is 36.6 Å². The number of hydrogen-bond donors (Lipinski definition) is 1. The summed E-state index contributed by atoms with van der Waals surface area (Å²) < 4.78 is 25.6. The van der Waals surface area contributed by atoms with E-state index in [9.17, 15) is 4.39 Å². The molecule has 1 aliphatic carbocycles. The van der Waals surface area contributed by atoms with Crippen LogP contribution in [0.2, 0.25) is 0 Å². The second-order valence-electron chi connectivity index (χ2n) is 8.16. The minimum Gasteiger partial charge on any atom is -0.496 e. The maximum absolute atomic E-state index is 14.6. The number of nitrogens with one attached hydrogen (secondary N) is 1. The molecule has 5 heteroatoms. The summed E-state index contributed by atoms with van der Waals surface area (Å²) in [5.41, 5.74) is 2.94. The Labute approximate surface area is 173 Å². The molecule has 1 N–H and O–H groups in total. The molecule has 2 fully saturated rings. The average molecular weight is 399 g/mol. The number of nitrogens with zero attached hydrogens (tertiary/aromatic N) is 1. The van der Waals surface area contributed by atoms with Gasteiger partial charge in [0.2, 0.25) is 0 Å². The number of benzene rings is 2. The molecule has 0 amide bonds. The highest BCUT2D eigenvalue weighted by molar-refractivity contribution is 5.38. The lowest BCUT2D eigenvalue weighted by atomic mass is 9.87. The van der Waals surface area contributed by atoms with Crippen LogP contribution in [0.15, 0.2) is 42.5 Å². The van der Waals surface area contributed by atoms with E-state index in [-0.39, 0.29) is 11.4 Å². The molecule has 0 bridgehead atoms. The molecule has 2 aromatic rings. The highest BCUT2D eigenvalue weighted by atomic mass is 19.1. The fraction of sp³-hybridized carbons (Fsp3) is 0.500. The van der Waals surface area contributed by atoms with Crippen LogP contribution in [0.3, 0.4) is 0 Å². The summed E-state index contributed by atoms with van der Waals surface area (Å²) in [6, 6.07) is 13.6. The molecule has 1 aliphatic heterocycles. The van der Waals surface area contributed by atoms with Crippen LogP contribution in [0.5, 0.6) is 5.75 Å². The first kappa shape index (κ1) is 20.3. The summed E-state index contributed by atoms with van der Waals surface area (Å²) in [6.07, 6.45) is 4.22. The van der Waals surface area contributed by atoms with Gasteiger partial charge in [-0.15, -0.1) is 0 Å². The van der Waals surface area contributed by atoms with Crippen LogP contribution < -0.4 is 10.1 Å². The van der Waals surface area contributed by atoms with E-state index in [0.29, 0.717) is 6.54 Å². The fourth-order valence-corrected chi connectivity index (χ4v) is 4.71. The average Bonchev–Trinajstić information content (AvgIpc) is 3.23. The van der Waals surface area contributed by atoms with Gasteiger partial charge >= 0.3 is 0 Å². The van der Waals surface area contributed by atoms with Crippen molar-refractivity contribution in [3.8, 4) is 5.75 Å². The Bertz CT molecular complexity index is 814. The zero-order valence-corrected chi connectivity index (χ0v) is 17.3. The van der Waals surface area contributed by atoms with Gasteiger partial charge in [0.25, 0.3) is 0 Å². The van der Waals surface area contributed by atoms with Crippen LogP contribution in [0, 0.1) is 5.82 Å². The zero-order valence-electron chi connectivity index (χ0n) is 17.3. The number of halogens is 1. The van der Waals surface area contributed by atoms with Crippen LogP contribution in [0.25, 0.3) is 0 Å². The highest BCUT2D eigenvalue weighted by Gasteiger charge is 2.37. The monoisotopic (exact) mass is 398 g/mol. The van der Waals surface area contributed by atoms with Crippen LogP contribution in [-0.2, 0) is 23.4 Å². The second kappa shape index (κ2) is 9.24. The Morgan fingerprint density at radius 3 is 2.59 bits per heavy atom. The van der Waals surface area contributed by atoms with E-state index in [0.717, 1.165) is 69.8 Å². The first-order valence-corrected chi connectivity index (χ1v) is 10.7. The first-order valence-electron chi connectivity index (χ1n) is 10.7. The number of morpholine rings is 1. The van der Waals surface area contributed by atoms with Gasteiger partial charge in [0.05, 0.1) is 20.3 Å². The maximum Gasteiger partial charge on any atom is 0.128 e. The largest absolute Gasteiger partial charge is 0.496 e. The molecule has 2 aromatic carbocycles. The van der Waals surface area contributed by atoms with Crippen molar-refractivity contribution < 1.29 is 13.9 Å². The number of hydrogen-bond acceptors (Lipinski definition) is 4.